The number of hydrogen-bond acceptors (Lipinski definition) is 4. The van der Waals surface area contributed by atoms with Crippen molar-refractivity contribution in [2.75, 3.05) is 10.2 Å². The first kappa shape index (κ1) is 28.1. The zero-order valence-electron chi connectivity index (χ0n) is 26.5. The van der Waals surface area contributed by atoms with Gasteiger partial charge in [-0.2, -0.15) is 0 Å². The summed E-state index contributed by atoms with van der Waals surface area (Å²) in [5.74, 6) is 0. The number of hydrogen-bond donors (Lipinski definition) is 1. The highest BCUT2D eigenvalue weighted by Gasteiger charge is 2.25. The van der Waals surface area contributed by atoms with Crippen LogP contribution in [0.3, 0.4) is 0 Å². The van der Waals surface area contributed by atoms with Crippen LogP contribution in [0.4, 0.5) is 22.7 Å². The van der Waals surface area contributed by atoms with Crippen molar-refractivity contribution in [1.29, 1.82) is 0 Å². The van der Waals surface area contributed by atoms with Crippen LogP contribution in [0.2, 0.25) is 0 Å². The molecule has 0 saturated carbocycles. The van der Waals surface area contributed by atoms with Gasteiger partial charge in [0.15, 0.2) is 0 Å². The third-order valence-electron chi connectivity index (χ3n) is 9.65. The molecule has 9 aromatic rings. The molecule has 0 radical (unpaired) electrons. The number of fused-ring (bicyclic) bond motifs is 8. The lowest BCUT2D eigenvalue weighted by molar-refractivity contribution is 0.669. The fourth-order valence-electron chi connectivity index (χ4n) is 7.31. The summed E-state index contributed by atoms with van der Waals surface area (Å²) < 4.78 is 6.12. The first-order valence-electron chi connectivity index (χ1n) is 16.6. The van der Waals surface area contributed by atoms with Gasteiger partial charge >= 0.3 is 0 Å². The summed E-state index contributed by atoms with van der Waals surface area (Å²) in [5.41, 5.74) is 9.97. The first-order valence-corrected chi connectivity index (χ1v) is 17.5. The second-order valence-electron chi connectivity index (χ2n) is 12.6. The van der Waals surface area contributed by atoms with E-state index in [9.17, 15) is 0 Å². The molecule has 49 heavy (non-hydrogen) atoms. The summed E-state index contributed by atoms with van der Waals surface area (Å²) in [5, 5.41) is 11.3. The molecule has 0 saturated heterocycles. The van der Waals surface area contributed by atoms with E-state index >= 15 is 0 Å². The Hall–Kier alpha value is -5.97. The Morgan fingerprint density at radius 1 is 0.490 bits per heavy atom. The van der Waals surface area contributed by atoms with Crippen LogP contribution in [0, 0.1) is 0 Å². The van der Waals surface area contributed by atoms with Gasteiger partial charge in [-0.1, -0.05) is 121 Å². The molecule has 0 amide bonds. The fourth-order valence-corrected chi connectivity index (χ4v) is 8.62. The van der Waals surface area contributed by atoms with Gasteiger partial charge in [-0.3, -0.25) is 0 Å². The van der Waals surface area contributed by atoms with Gasteiger partial charge in [0.05, 0.1) is 0 Å². The van der Waals surface area contributed by atoms with Crippen LogP contribution >= 0.6 is 11.8 Å². The largest absolute Gasteiger partial charge is 0.456 e. The summed E-state index contributed by atoms with van der Waals surface area (Å²) in [6.07, 6.45) is 0. The van der Waals surface area contributed by atoms with E-state index in [0.29, 0.717) is 0 Å². The zero-order valence-corrected chi connectivity index (χ0v) is 27.3. The lowest BCUT2D eigenvalue weighted by Gasteiger charge is -2.26. The Balaban J connectivity index is 1.08. The first-order chi connectivity index (χ1) is 24.3. The Morgan fingerprint density at radius 2 is 1.20 bits per heavy atom. The molecule has 1 atom stereocenters. The van der Waals surface area contributed by atoms with Crippen molar-refractivity contribution < 1.29 is 4.42 Å². The molecule has 1 unspecified atom stereocenters. The maximum absolute atomic E-state index is 6.12. The molecule has 1 aromatic heterocycles. The highest BCUT2D eigenvalue weighted by molar-refractivity contribution is 8.00. The molecule has 1 aliphatic heterocycles. The number of para-hydroxylation sites is 2. The number of anilines is 4. The molecule has 0 bridgehead atoms. The van der Waals surface area contributed by atoms with E-state index in [2.05, 4.69) is 168 Å². The van der Waals surface area contributed by atoms with E-state index < -0.39 is 0 Å². The van der Waals surface area contributed by atoms with Gasteiger partial charge in [-0.15, -0.1) is 0 Å². The summed E-state index contributed by atoms with van der Waals surface area (Å²) >= 11 is 1.91. The van der Waals surface area contributed by atoms with Gasteiger partial charge in [-0.05, 0) is 93.5 Å². The normalized spacial score (nSPS) is 14.0. The number of benzene rings is 8. The second-order valence-corrected chi connectivity index (χ2v) is 13.7. The third-order valence-corrected chi connectivity index (χ3v) is 10.9. The number of nitrogens with zero attached hydrogens (tertiary/aromatic N) is 1. The predicted molar refractivity (Wildman–Crippen MR) is 208 cm³/mol. The van der Waals surface area contributed by atoms with Crippen molar-refractivity contribution in [3.63, 3.8) is 0 Å². The molecule has 232 valence electrons. The molecule has 3 nitrogen and oxygen atoms in total. The van der Waals surface area contributed by atoms with Gasteiger partial charge in [0.2, 0.25) is 0 Å². The molecule has 0 spiro atoms. The van der Waals surface area contributed by atoms with Gasteiger partial charge in [-0.25, -0.2) is 0 Å². The van der Waals surface area contributed by atoms with E-state index in [1.165, 1.54) is 37.7 Å². The van der Waals surface area contributed by atoms with Crippen LogP contribution in [0.25, 0.3) is 54.6 Å². The summed E-state index contributed by atoms with van der Waals surface area (Å²) in [4.78, 5) is 3.68. The molecule has 4 heteroatoms. The zero-order chi connectivity index (χ0) is 32.3. The number of furan rings is 1. The smallest absolute Gasteiger partial charge is 0.135 e. The molecule has 8 aromatic carbocycles. The van der Waals surface area contributed by atoms with Gasteiger partial charge < -0.3 is 14.6 Å². The number of rotatable bonds is 5. The van der Waals surface area contributed by atoms with Crippen molar-refractivity contribution in [1.82, 2.24) is 0 Å². The molecular weight excluding hydrogens is 617 g/mol. The van der Waals surface area contributed by atoms with Crippen LogP contribution in [0.1, 0.15) is 10.9 Å². The Morgan fingerprint density at radius 3 is 2.10 bits per heavy atom. The molecular formula is C45H30N2OS. The Kier molecular flexibility index (Phi) is 6.49. The average molecular weight is 647 g/mol. The predicted octanol–water partition coefficient (Wildman–Crippen LogP) is 13.2. The topological polar surface area (TPSA) is 28.4 Å². The molecule has 0 aliphatic carbocycles. The minimum Gasteiger partial charge on any atom is -0.456 e. The fraction of sp³-hybridized carbons (Fsp3) is 0.0222. The van der Waals surface area contributed by atoms with E-state index in [1.807, 2.05) is 23.9 Å². The molecule has 1 N–H and O–H groups in total. The average Bonchev–Trinajstić information content (AvgIpc) is 3.77. The van der Waals surface area contributed by atoms with Gasteiger partial charge in [0.25, 0.3) is 0 Å². The third kappa shape index (κ3) is 4.75. The number of nitrogens with one attached hydrogen (secondary N) is 1. The van der Waals surface area contributed by atoms with Crippen molar-refractivity contribution in [3.05, 3.63) is 175 Å². The summed E-state index contributed by atoms with van der Waals surface area (Å²) in [6, 6.07) is 60.9. The molecule has 2 heterocycles. The van der Waals surface area contributed by atoms with E-state index in [4.69, 9.17) is 4.42 Å². The van der Waals surface area contributed by atoms with Crippen molar-refractivity contribution in [2.24, 2.45) is 0 Å². The minimum absolute atomic E-state index is 0.199. The molecule has 10 rings (SSSR count). The van der Waals surface area contributed by atoms with Crippen molar-refractivity contribution >= 4 is 78.0 Å². The van der Waals surface area contributed by atoms with Crippen LogP contribution in [-0.2, 0) is 0 Å². The van der Waals surface area contributed by atoms with Gasteiger partial charge in [0.1, 0.15) is 16.5 Å². The van der Waals surface area contributed by atoms with Crippen molar-refractivity contribution in [3.8, 4) is 11.1 Å². The van der Waals surface area contributed by atoms with Crippen LogP contribution in [0.15, 0.2) is 179 Å². The van der Waals surface area contributed by atoms with Crippen molar-refractivity contribution in [2.45, 2.75) is 10.3 Å². The highest BCUT2D eigenvalue weighted by Crippen LogP contribution is 2.51. The van der Waals surface area contributed by atoms with Gasteiger partial charge in [0, 0.05) is 43.8 Å². The van der Waals surface area contributed by atoms with Crippen LogP contribution < -0.4 is 10.2 Å². The highest BCUT2D eigenvalue weighted by atomic mass is 32.2. The maximum Gasteiger partial charge on any atom is 0.135 e. The number of thioether (sulfide) groups is 1. The molecule has 0 fully saturated rings. The van der Waals surface area contributed by atoms with Crippen LogP contribution in [0.5, 0.6) is 0 Å². The second kappa shape index (κ2) is 11.3. The standard InChI is InChI=1S/C45H30N2OS/c1-3-10-30(11-4-1)45-46-40-24-20-29-18-19-33-27-36(22-23-37(33)43(29)44(40)49-45)47(34-13-5-2-6-14-34)35-15-9-12-31(26-35)32-21-25-42-39(28-32)38-16-7-8-17-41(38)48-42/h1-28,45-46H. The quantitative estimate of drug-likeness (QED) is 0.188. The summed E-state index contributed by atoms with van der Waals surface area (Å²) in [6.45, 7) is 0. The summed E-state index contributed by atoms with van der Waals surface area (Å²) in [7, 11) is 0. The van der Waals surface area contributed by atoms with E-state index in [1.54, 1.807) is 0 Å². The van der Waals surface area contributed by atoms with E-state index in [0.717, 1.165) is 50.1 Å². The minimum atomic E-state index is 0.199. The SMILES string of the molecule is c1ccc(C2Nc3ccc4ccc5cc(N(c6ccccc6)c6cccc(-c7ccc8oc9ccccc9c8c7)c6)ccc5c4c3S2)cc1. The lowest BCUT2D eigenvalue weighted by Crippen LogP contribution is -2.09. The monoisotopic (exact) mass is 646 g/mol. The maximum atomic E-state index is 6.12. The Bertz CT molecular complexity index is 2680. The Labute approximate surface area is 288 Å². The van der Waals surface area contributed by atoms with E-state index in [-0.39, 0.29) is 5.37 Å². The lowest BCUT2D eigenvalue weighted by atomic mass is 9.99. The van der Waals surface area contributed by atoms with Crippen LogP contribution in [-0.4, -0.2) is 0 Å². The molecule has 1 aliphatic rings.